The van der Waals surface area contributed by atoms with Gasteiger partial charge in [-0.2, -0.15) is 0 Å². The van der Waals surface area contributed by atoms with Gasteiger partial charge in [-0.05, 0) is 25.0 Å². The number of rotatable bonds is 2. The number of nitrogens with zero attached hydrogens (tertiary/aromatic N) is 1. The van der Waals surface area contributed by atoms with Crippen LogP contribution >= 0.6 is 0 Å². The van der Waals surface area contributed by atoms with Crippen LogP contribution < -0.4 is 0 Å². The zero-order valence-corrected chi connectivity index (χ0v) is 10.1. The van der Waals surface area contributed by atoms with E-state index >= 15 is 0 Å². The van der Waals surface area contributed by atoms with E-state index in [1.807, 2.05) is 0 Å². The fourth-order valence-corrected chi connectivity index (χ4v) is 2.18. The molecule has 0 N–H and O–H groups in total. The van der Waals surface area contributed by atoms with E-state index in [0.29, 0.717) is 11.5 Å². The molecule has 1 aromatic rings. The van der Waals surface area contributed by atoms with E-state index in [-0.39, 0.29) is 11.1 Å². The van der Waals surface area contributed by atoms with Crippen LogP contribution in [0, 0.1) is 5.92 Å². The Balaban J connectivity index is 1.81. The highest BCUT2D eigenvalue weighted by Gasteiger charge is 2.41. The van der Waals surface area contributed by atoms with Crippen molar-refractivity contribution in [2.24, 2.45) is 5.92 Å². The summed E-state index contributed by atoms with van der Waals surface area (Å²) in [5.74, 6) is -2.19. The molecule has 19 heavy (non-hydrogen) atoms. The van der Waals surface area contributed by atoms with E-state index in [9.17, 15) is 14.4 Å². The summed E-state index contributed by atoms with van der Waals surface area (Å²) in [4.78, 5) is 40.6. The minimum absolute atomic E-state index is 0.257. The molecule has 0 radical (unpaired) electrons. The molecule has 1 aliphatic heterocycles. The van der Waals surface area contributed by atoms with E-state index in [0.717, 1.165) is 12.0 Å². The molecule has 1 aromatic carbocycles. The van der Waals surface area contributed by atoms with E-state index in [4.69, 9.17) is 4.84 Å². The second-order valence-electron chi connectivity index (χ2n) is 4.61. The fourth-order valence-electron chi connectivity index (χ4n) is 2.18. The minimum Gasteiger partial charge on any atom is -0.329 e. The topological polar surface area (TPSA) is 63.7 Å². The Hall–Kier alpha value is -2.43. The summed E-state index contributed by atoms with van der Waals surface area (Å²) in [6.45, 7) is 3.73. The van der Waals surface area contributed by atoms with Crippen LogP contribution in [0.25, 0.3) is 0 Å². The smallest absolute Gasteiger partial charge is 0.329 e. The molecule has 0 aromatic heterocycles. The fraction of sp³-hybridized carbons (Fsp3) is 0.214. The third kappa shape index (κ3) is 1.66. The number of carbonyl (C=O) groups excluding carboxylic acids is 3. The van der Waals surface area contributed by atoms with Gasteiger partial charge in [0.1, 0.15) is 0 Å². The van der Waals surface area contributed by atoms with Crippen molar-refractivity contribution in [2.75, 3.05) is 0 Å². The molecule has 1 saturated carbocycles. The molecule has 0 spiro atoms. The summed E-state index contributed by atoms with van der Waals surface area (Å²) in [5.41, 5.74) is 1.29. The lowest BCUT2D eigenvalue weighted by Crippen LogP contribution is -2.37. The lowest BCUT2D eigenvalue weighted by molar-refractivity contribution is -0.173. The lowest BCUT2D eigenvalue weighted by atomic mass is 9.81. The third-order valence-electron chi connectivity index (χ3n) is 3.47. The first-order chi connectivity index (χ1) is 9.09. The molecule has 3 rings (SSSR count). The maximum atomic E-state index is 12.0. The van der Waals surface area contributed by atoms with Crippen LogP contribution in [0.5, 0.6) is 0 Å². The van der Waals surface area contributed by atoms with Gasteiger partial charge in [0.25, 0.3) is 11.8 Å². The van der Waals surface area contributed by atoms with Gasteiger partial charge in [0.15, 0.2) is 0 Å². The molecule has 0 saturated heterocycles. The Labute approximate surface area is 109 Å². The highest BCUT2D eigenvalue weighted by atomic mass is 16.7. The van der Waals surface area contributed by atoms with Gasteiger partial charge in [0.05, 0.1) is 17.0 Å². The van der Waals surface area contributed by atoms with Crippen molar-refractivity contribution in [3.8, 4) is 0 Å². The van der Waals surface area contributed by atoms with Crippen LogP contribution in [0.15, 0.2) is 36.4 Å². The number of fused-ring (bicyclic) bond motifs is 1. The molecule has 1 atom stereocenters. The van der Waals surface area contributed by atoms with E-state index in [1.165, 1.54) is 12.1 Å². The second kappa shape index (κ2) is 4.05. The molecule has 96 valence electrons. The Morgan fingerprint density at radius 1 is 1.21 bits per heavy atom. The van der Waals surface area contributed by atoms with Crippen molar-refractivity contribution in [1.82, 2.24) is 5.06 Å². The molecule has 5 heteroatoms. The summed E-state index contributed by atoms with van der Waals surface area (Å²) in [7, 11) is 0. The van der Waals surface area contributed by atoms with Gasteiger partial charge in [-0.15, -0.1) is 0 Å². The number of imide groups is 1. The summed E-state index contributed by atoms with van der Waals surface area (Å²) in [6.07, 6.45) is 1.43. The predicted octanol–water partition coefficient (Wildman–Crippen LogP) is 1.71. The highest BCUT2D eigenvalue weighted by molar-refractivity contribution is 6.20. The molecule has 2 amide bonds. The van der Waals surface area contributed by atoms with Gasteiger partial charge in [-0.25, -0.2) is 4.79 Å². The molecular formula is C14H11NO4. The van der Waals surface area contributed by atoms with Crippen LogP contribution in [0.3, 0.4) is 0 Å². The number of hydrogen-bond acceptors (Lipinski definition) is 4. The number of carbonyl (C=O) groups is 3. The van der Waals surface area contributed by atoms with E-state index in [1.54, 1.807) is 12.1 Å². The molecule has 1 fully saturated rings. The molecular weight excluding hydrogens is 246 g/mol. The maximum Gasteiger partial charge on any atom is 0.340 e. The van der Waals surface area contributed by atoms with Gasteiger partial charge < -0.3 is 4.84 Å². The number of benzene rings is 1. The van der Waals surface area contributed by atoms with Crippen LogP contribution in [-0.4, -0.2) is 22.8 Å². The van der Waals surface area contributed by atoms with Crippen LogP contribution in [0.2, 0.25) is 0 Å². The van der Waals surface area contributed by atoms with Crippen molar-refractivity contribution in [2.45, 2.75) is 12.8 Å². The first-order valence-electron chi connectivity index (χ1n) is 5.97. The average Bonchev–Trinajstić information content (AvgIpc) is 2.63. The Kier molecular flexibility index (Phi) is 2.48. The highest BCUT2D eigenvalue weighted by Crippen LogP contribution is 2.33. The van der Waals surface area contributed by atoms with E-state index < -0.39 is 23.7 Å². The molecule has 5 nitrogen and oxygen atoms in total. The van der Waals surface area contributed by atoms with Gasteiger partial charge >= 0.3 is 5.97 Å². The molecule has 2 aliphatic rings. The zero-order chi connectivity index (χ0) is 13.6. The normalized spacial score (nSPS) is 21.2. The SMILES string of the molecule is C=C1CCC1C(=O)ON1C(=O)c2ccccc2C1=O. The number of hydroxylamine groups is 2. The molecule has 1 unspecified atom stereocenters. The Morgan fingerprint density at radius 2 is 1.79 bits per heavy atom. The first kappa shape index (κ1) is 11.6. The van der Waals surface area contributed by atoms with E-state index in [2.05, 4.69) is 6.58 Å². The summed E-state index contributed by atoms with van der Waals surface area (Å²) >= 11 is 0. The van der Waals surface area contributed by atoms with Crippen LogP contribution in [-0.2, 0) is 9.63 Å². The zero-order valence-electron chi connectivity index (χ0n) is 10.1. The van der Waals surface area contributed by atoms with Gasteiger partial charge in [0, 0.05) is 0 Å². The second-order valence-corrected chi connectivity index (χ2v) is 4.61. The summed E-state index contributed by atoms with van der Waals surface area (Å²) < 4.78 is 0. The number of hydrogen-bond donors (Lipinski definition) is 0. The summed E-state index contributed by atoms with van der Waals surface area (Å²) in [6, 6.07) is 6.38. The van der Waals surface area contributed by atoms with Crippen molar-refractivity contribution >= 4 is 17.8 Å². The maximum absolute atomic E-state index is 12.0. The quantitative estimate of drug-likeness (QED) is 0.597. The average molecular weight is 257 g/mol. The monoisotopic (exact) mass is 257 g/mol. The Bertz CT molecular complexity index is 585. The minimum atomic E-state index is -0.598. The van der Waals surface area contributed by atoms with Crippen LogP contribution in [0.1, 0.15) is 33.6 Å². The van der Waals surface area contributed by atoms with Gasteiger partial charge in [-0.1, -0.05) is 29.3 Å². The van der Waals surface area contributed by atoms with Gasteiger partial charge in [-0.3, -0.25) is 9.59 Å². The first-order valence-corrected chi connectivity index (χ1v) is 5.97. The lowest BCUT2D eigenvalue weighted by Gasteiger charge is -2.27. The van der Waals surface area contributed by atoms with Gasteiger partial charge in [0.2, 0.25) is 0 Å². The van der Waals surface area contributed by atoms with Crippen LogP contribution in [0.4, 0.5) is 0 Å². The molecule has 0 bridgehead atoms. The number of amides is 2. The standard InChI is InChI=1S/C14H11NO4/c1-8-6-7-9(8)14(18)19-15-12(16)10-4-2-3-5-11(10)13(15)17/h2-5,9H,1,6-7H2. The molecule has 1 aliphatic carbocycles. The summed E-state index contributed by atoms with van der Waals surface area (Å²) in [5, 5.41) is 0.540. The van der Waals surface area contributed by atoms with Crippen molar-refractivity contribution in [3.63, 3.8) is 0 Å². The predicted molar refractivity (Wildman–Crippen MR) is 64.9 cm³/mol. The molecule has 1 heterocycles. The largest absolute Gasteiger partial charge is 0.340 e. The third-order valence-corrected chi connectivity index (χ3v) is 3.47. The van der Waals surface area contributed by atoms with Crippen molar-refractivity contribution in [1.29, 1.82) is 0 Å². The van der Waals surface area contributed by atoms with Crippen molar-refractivity contribution < 1.29 is 19.2 Å². The van der Waals surface area contributed by atoms with Crippen molar-refractivity contribution in [3.05, 3.63) is 47.5 Å². The Morgan fingerprint density at radius 3 is 2.21 bits per heavy atom.